The standard InChI is InChI=1S/C26H28ClN5O2/c1-5-17(2)26(33)31(4)14-19-12-29-13-22(27)21(19)15-34-24-8-6-7-20-23(32-10-9-28-16-32)11-18(3)30-25(20)24/h6-13,16-17H,5,14-15H2,1-4H3/t17-/m0/s1. The Balaban J connectivity index is 1.63. The molecule has 176 valence electrons. The number of hydrogen-bond acceptors (Lipinski definition) is 5. The lowest BCUT2D eigenvalue weighted by Crippen LogP contribution is -2.31. The zero-order valence-corrected chi connectivity index (χ0v) is 20.6. The van der Waals surface area contributed by atoms with Crippen LogP contribution in [0.2, 0.25) is 5.02 Å². The van der Waals surface area contributed by atoms with Gasteiger partial charge in [-0.2, -0.15) is 0 Å². The fraction of sp³-hybridized carbons (Fsp3) is 0.308. The molecule has 1 amide bonds. The number of carbonyl (C=O) groups is 1. The lowest BCUT2D eigenvalue weighted by molar-refractivity contribution is -0.134. The summed E-state index contributed by atoms with van der Waals surface area (Å²) in [5, 5.41) is 1.46. The van der Waals surface area contributed by atoms with Gasteiger partial charge in [0.25, 0.3) is 0 Å². The summed E-state index contributed by atoms with van der Waals surface area (Å²) in [7, 11) is 1.80. The van der Waals surface area contributed by atoms with Gasteiger partial charge in [-0.1, -0.05) is 37.6 Å². The van der Waals surface area contributed by atoms with E-state index in [1.54, 1.807) is 36.9 Å². The van der Waals surface area contributed by atoms with Crippen LogP contribution in [0, 0.1) is 12.8 Å². The predicted octanol–water partition coefficient (Wildman–Crippen LogP) is 5.36. The van der Waals surface area contributed by atoms with E-state index in [9.17, 15) is 4.79 Å². The van der Waals surface area contributed by atoms with Gasteiger partial charge in [0.1, 0.15) is 17.9 Å². The molecular weight excluding hydrogens is 450 g/mol. The van der Waals surface area contributed by atoms with E-state index in [1.807, 2.05) is 55.8 Å². The van der Waals surface area contributed by atoms with Crippen LogP contribution in [-0.2, 0) is 17.9 Å². The van der Waals surface area contributed by atoms with Gasteiger partial charge in [-0.15, -0.1) is 0 Å². The van der Waals surface area contributed by atoms with Crippen LogP contribution in [0.1, 0.15) is 37.1 Å². The van der Waals surface area contributed by atoms with Gasteiger partial charge in [-0.25, -0.2) is 9.97 Å². The third-order valence-electron chi connectivity index (χ3n) is 5.98. The number of amides is 1. The highest BCUT2D eigenvalue weighted by molar-refractivity contribution is 6.31. The lowest BCUT2D eigenvalue weighted by atomic mass is 10.1. The molecular formula is C26H28ClN5O2. The van der Waals surface area contributed by atoms with E-state index in [4.69, 9.17) is 21.3 Å². The minimum atomic E-state index is -0.0356. The first-order valence-corrected chi connectivity index (χ1v) is 11.6. The molecule has 3 heterocycles. The topological polar surface area (TPSA) is 73.1 Å². The molecule has 4 aromatic rings. The average molecular weight is 478 g/mol. The van der Waals surface area contributed by atoms with Crippen LogP contribution in [0.25, 0.3) is 16.6 Å². The largest absolute Gasteiger partial charge is 0.487 e. The molecule has 0 radical (unpaired) electrons. The smallest absolute Gasteiger partial charge is 0.225 e. The van der Waals surface area contributed by atoms with Crippen LogP contribution in [0.3, 0.4) is 0 Å². The van der Waals surface area contributed by atoms with Gasteiger partial charge in [-0.3, -0.25) is 9.78 Å². The normalized spacial score (nSPS) is 12.0. The zero-order chi connectivity index (χ0) is 24.2. The van der Waals surface area contributed by atoms with Gasteiger partial charge in [0.2, 0.25) is 5.91 Å². The van der Waals surface area contributed by atoms with Crippen LogP contribution in [0.15, 0.2) is 55.4 Å². The zero-order valence-electron chi connectivity index (χ0n) is 19.8. The number of pyridine rings is 2. The molecule has 8 heteroatoms. The van der Waals surface area contributed by atoms with E-state index in [-0.39, 0.29) is 18.4 Å². The van der Waals surface area contributed by atoms with Gasteiger partial charge < -0.3 is 14.2 Å². The van der Waals surface area contributed by atoms with Crippen molar-refractivity contribution in [3.05, 3.63) is 77.2 Å². The summed E-state index contributed by atoms with van der Waals surface area (Å²) >= 11 is 6.51. The maximum atomic E-state index is 12.6. The van der Waals surface area contributed by atoms with Crippen molar-refractivity contribution in [2.75, 3.05) is 7.05 Å². The Morgan fingerprint density at radius 3 is 2.82 bits per heavy atom. The highest BCUT2D eigenvalue weighted by Gasteiger charge is 2.19. The summed E-state index contributed by atoms with van der Waals surface area (Å²) in [6, 6.07) is 7.89. The molecule has 0 saturated carbocycles. The monoisotopic (exact) mass is 477 g/mol. The molecule has 4 rings (SSSR count). The first-order chi connectivity index (χ1) is 16.4. The number of hydrogen-bond donors (Lipinski definition) is 0. The number of aromatic nitrogens is 4. The summed E-state index contributed by atoms with van der Waals surface area (Å²) < 4.78 is 8.22. The molecule has 7 nitrogen and oxygen atoms in total. The highest BCUT2D eigenvalue weighted by atomic mass is 35.5. The summed E-state index contributed by atoms with van der Waals surface area (Å²) in [5.74, 6) is 0.715. The Morgan fingerprint density at radius 1 is 1.26 bits per heavy atom. The SMILES string of the molecule is CC[C@H](C)C(=O)N(C)Cc1cncc(Cl)c1COc1cccc2c(-n3ccnc3)cc(C)nc12. The molecule has 0 spiro atoms. The summed E-state index contributed by atoms with van der Waals surface area (Å²) in [4.78, 5) is 27.4. The van der Waals surface area contributed by atoms with Crippen molar-refractivity contribution in [3.8, 4) is 11.4 Å². The molecule has 0 bridgehead atoms. The molecule has 0 aliphatic carbocycles. The van der Waals surface area contributed by atoms with Crippen molar-refractivity contribution in [1.82, 2.24) is 24.4 Å². The number of para-hydroxylation sites is 1. The maximum Gasteiger partial charge on any atom is 0.225 e. The molecule has 1 aromatic carbocycles. The second kappa shape index (κ2) is 10.2. The van der Waals surface area contributed by atoms with Crippen molar-refractivity contribution in [2.45, 2.75) is 40.3 Å². The maximum absolute atomic E-state index is 12.6. The summed E-state index contributed by atoms with van der Waals surface area (Å²) in [5.41, 5.74) is 4.29. The third-order valence-corrected chi connectivity index (χ3v) is 6.30. The molecule has 0 N–H and O–H groups in total. The number of halogens is 1. The Labute approximate surface area is 204 Å². The second-order valence-corrected chi connectivity index (χ2v) is 8.86. The third kappa shape index (κ3) is 4.89. The number of rotatable bonds is 8. The molecule has 0 unspecified atom stereocenters. The van der Waals surface area contributed by atoms with Crippen molar-refractivity contribution in [2.24, 2.45) is 5.92 Å². The molecule has 0 aliphatic heterocycles. The summed E-state index contributed by atoms with van der Waals surface area (Å²) in [6.45, 7) is 6.55. The van der Waals surface area contributed by atoms with Gasteiger partial charge in [0, 0.05) is 60.9 Å². The molecule has 0 saturated heterocycles. The van der Waals surface area contributed by atoms with Crippen molar-refractivity contribution >= 4 is 28.4 Å². The number of aryl methyl sites for hydroxylation is 1. The van der Waals surface area contributed by atoms with Crippen molar-refractivity contribution in [1.29, 1.82) is 0 Å². The quantitative estimate of drug-likeness (QED) is 0.341. The number of carbonyl (C=O) groups excluding carboxylic acids is 1. The highest BCUT2D eigenvalue weighted by Crippen LogP contribution is 2.31. The fourth-order valence-electron chi connectivity index (χ4n) is 3.89. The van der Waals surface area contributed by atoms with Gasteiger partial charge in [0.05, 0.1) is 17.0 Å². The van der Waals surface area contributed by atoms with E-state index in [2.05, 4.69) is 9.97 Å². The number of benzene rings is 1. The van der Waals surface area contributed by atoms with Crippen LogP contribution in [0.4, 0.5) is 0 Å². The second-order valence-electron chi connectivity index (χ2n) is 8.46. The van der Waals surface area contributed by atoms with E-state index < -0.39 is 0 Å². The Hall–Kier alpha value is -3.45. The lowest BCUT2D eigenvalue weighted by Gasteiger charge is -2.22. The number of fused-ring (bicyclic) bond motifs is 1. The number of nitrogens with zero attached hydrogens (tertiary/aromatic N) is 5. The van der Waals surface area contributed by atoms with Crippen LogP contribution >= 0.6 is 11.6 Å². The molecule has 0 aliphatic rings. The molecule has 1 atom stereocenters. The molecule has 3 aromatic heterocycles. The summed E-state index contributed by atoms with van der Waals surface area (Å²) in [6.07, 6.45) is 9.56. The first-order valence-electron chi connectivity index (χ1n) is 11.3. The van der Waals surface area contributed by atoms with Gasteiger partial charge in [0.15, 0.2) is 0 Å². The minimum absolute atomic E-state index is 0.0356. The van der Waals surface area contributed by atoms with Gasteiger partial charge >= 0.3 is 0 Å². The first kappa shape index (κ1) is 23.7. The minimum Gasteiger partial charge on any atom is -0.487 e. The Morgan fingerprint density at radius 2 is 2.09 bits per heavy atom. The van der Waals surface area contributed by atoms with E-state index >= 15 is 0 Å². The van der Waals surface area contributed by atoms with Crippen molar-refractivity contribution in [3.63, 3.8) is 0 Å². The predicted molar refractivity (Wildman–Crippen MR) is 133 cm³/mol. The molecule has 34 heavy (non-hydrogen) atoms. The van der Waals surface area contributed by atoms with E-state index in [0.29, 0.717) is 17.3 Å². The number of ether oxygens (including phenoxy) is 1. The van der Waals surface area contributed by atoms with Crippen molar-refractivity contribution < 1.29 is 9.53 Å². The Bertz CT molecular complexity index is 1310. The number of imidazole rings is 1. The van der Waals surface area contributed by atoms with Gasteiger partial charge in [-0.05, 0) is 31.0 Å². The van der Waals surface area contributed by atoms with Crippen LogP contribution in [0.5, 0.6) is 5.75 Å². The molecule has 0 fully saturated rings. The fourth-order valence-corrected chi connectivity index (χ4v) is 4.13. The van der Waals surface area contributed by atoms with E-state index in [0.717, 1.165) is 39.8 Å². The van der Waals surface area contributed by atoms with Crippen LogP contribution in [-0.4, -0.2) is 37.4 Å². The van der Waals surface area contributed by atoms with E-state index in [1.165, 1.54) is 0 Å². The Kier molecular flexibility index (Phi) is 7.12. The average Bonchev–Trinajstić information content (AvgIpc) is 3.37. The van der Waals surface area contributed by atoms with Crippen LogP contribution < -0.4 is 4.74 Å².